The fourth-order valence-electron chi connectivity index (χ4n) is 2.76. The van der Waals surface area contributed by atoms with Crippen LogP contribution in [0.5, 0.6) is 0 Å². The van der Waals surface area contributed by atoms with Gasteiger partial charge in [-0.2, -0.15) is 0 Å². The molecule has 1 aromatic carbocycles. The number of rotatable bonds is 1. The van der Waals surface area contributed by atoms with Gasteiger partial charge in [0.15, 0.2) is 0 Å². The first kappa shape index (κ1) is 10.4. The van der Waals surface area contributed by atoms with Gasteiger partial charge in [0.2, 0.25) is 0 Å². The van der Waals surface area contributed by atoms with Gasteiger partial charge in [-0.3, -0.25) is 4.90 Å². The standard InChI is InChI=1S/C13H16N2O2/c14-10-3-5-11(6-4-10)15-9-13(17-12(15)16)7-1-2-8-13/h3-6H,1-2,7-9,14H2. The first-order valence-electron chi connectivity index (χ1n) is 6.05. The minimum atomic E-state index is -0.225. The van der Waals surface area contributed by atoms with Crippen molar-refractivity contribution in [2.45, 2.75) is 31.3 Å². The maximum Gasteiger partial charge on any atom is 0.415 e. The Balaban J connectivity index is 1.85. The van der Waals surface area contributed by atoms with Gasteiger partial charge in [-0.1, -0.05) is 0 Å². The number of anilines is 2. The van der Waals surface area contributed by atoms with E-state index < -0.39 is 0 Å². The maximum absolute atomic E-state index is 11.9. The third kappa shape index (κ3) is 1.73. The van der Waals surface area contributed by atoms with Crippen LogP contribution in [0.2, 0.25) is 0 Å². The number of nitrogens with zero attached hydrogens (tertiary/aromatic N) is 1. The monoisotopic (exact) mass is 232 g/mol. The van der Waals surface area contributed by atoms with Crippen molar-refractivity contribution in [1.29, 1.82) is 0 Å². The molecule has 1 saturated heterocycles. The zero-order chi connectivity index (χ0) is 11.9. The van der Waals surface area contributed by atoms with Gasteiger partial charge < -0.3 is 10.5 Å². The molecule has 1 heterocycles. The average Bonchev–Trinajstić information content (AvgIpc) is 2.88. The molecule has 2 aliphatic rings. The van der Waals surface area contributed by atoms with Crippen LogP contribution in [-0.2, 0) is 4.74 Å². The Hall–Kier alpha value is -1.71. The highest BCUT2D eigenvalue weighted by Gasteiger charge is 2.47. The number of carbonyl (C=O) groups excluding carboxylic acids is 1. The second-order valence-corrected chi connectivity index (χ2v) is 4.94. The first-order valence-corrected chi connectivity index (χ1v) is 6.05. The SMILES string of the molecule is Nc1ccc(N2CC3(CCCC3)OC2=O)cc1. The molecule has 1 spiro atoms. The lowest BCUT2D eigenvalue weighted by Crippen LogP contribution is -2.31. The maximum atomic E-state index is 11.9. The third-order valence-electron chi connectivity index (χ3n) is 3.69. The minimum absolute atomic E-state index is 0.224. The van der Waals surface area contributed by atoms with Crippen LogP contribution in [-0.4, -0.2) is 18.2 Å². The van der Waals surface area contributed by atoms with Gasteiger partial charge >= 0.3 is 6.09 Å². The van der Waals surface area contributed by atoms with Crippen LogP contribution in [0.25, 0.3) is 0 Å². The van der Waals surface area contributed by atoms with Crippen LogP contribution in [0.4, 0.5) is 16.2 Å². The Kier molecular flexibility index (Phi) is 2.24. The highest BCUT2D eigenvalue weighted by atomic mass is 16.6. The second kappa shape index (κ2) is 3.65. The fraction of sp³-hybridized carbons (Fsp3) is 0.462. The molecule has 2 N–H and O–H groups in total. The summed E-state index contributed by atoms with van der Waals surface area (Å²) in [5.41, 5.74) is 6.99. The van der Waals surface area contributed by atoms with Crippen molar-refractivity contribution >= 4 is 17.5 Å². The number of ether oxygens (including phenoxy) is 1. The van der Waals surface area contributed by atoms with Crippen molar-refractivity contribution in [3.63, 3.8) is 0 Å². The van der Waals surface area contributed by atoms with Crippen molar-refractivity contribution in [2.75, 3.05) is 17.2 Å². The average molecular weight is 232 g/mol. The van der Waals surface area contributed by atoms with Gasteiger partial charge in [0.1, 0.15) is 5.60 Å². The van der Waals surface area contributed by atoms with E-state index in [0.717, 1.165) is 31.4 Å². The third-order valence-corrected chi connectivity index (χ3v) is 3.69. The number of nitrogen functional groups attached to an aromatic ring is 1. The van der Waals surface area contributed by atoms with E-state index in [0.29, 0.717) is 12.2 Å². The summed E-state index contributed by atoms with van der Waals surface area (Å²) in [5, 5.41) is 0. The Morgan fingerprint density at radius 3 is 2.47 bits per heavy atom. The molecule has 17 heavy (non-hydrogen) atoms. The highest BCUT2D eigenvalue weighted by Crippen LogP contribution is 2.39. The zero-order valence-electron chi connectivity index (χ0n) is 9.69. The Morgan fingerprint density at radius 2 is 1.82 bits per heavy atom. The highest BCUT2D eigenvalue weighted by molar-refractivity contribution is 5.90. The number of nitrogens with two attached hydrogens (primary N) is 1. The van der Waals surface area contributed by atoms with E-state index in [-0.39, 0.29) is 11.7 Å². The molecule has 1 aromatic rings. The summed E-state index contributed by atoms with van der Waals surface area (Å²) >= 11 is 0. The van der Waals surface area contributed by atoms with E-state index in [4.69, 9.17) is 10.5 Å². The molecule has 1 aliphatic carbocycles. The van der Waals surface area contributed by atoms with E-state index in [1.54, 1.807) is 4.90 Å². The molecule has 1 aliphatic heterocycles. The van der Waals surface area contributed by atoms with Crippen molar-refractivity contribution < 1.29 is 9.53 Å². The topological polar surface area (TPSA) is 55.6 Å². The van der Waals surface area contributed by atoms with Crippen LogP contribution < -0.4 is 10.6 Å². The predicted octanol–water partition coefficient (Wildman–Crippen LogP) is 2.54. The van der Waals surface area contributed by atoms with E-state index in [2.05, 4.69) is 0 Å². The Labute approximate surface area is 100 Å². The molecule has 3 rings (SSSR count). The Morgan fingerprint density at radius 1 is 1.18 bits per heavy atom. The van der Waals surface area contributed by atoms with E-state index in [9.17, 15) is 4.79 Å². The fourth-order valence-corrected chi connectivity index (χ4v) is 2.76. The first-order chi connectivity index (χ1) is 8.19. The molecule has 0 aromatic heterocycles. The molecule has 4 nitrogen and oxygen atoms in total. The molecule has 0 unspecified atom stereocenters. The summed E-state index contributed by atoms with van der Waals surface area (Å²) in [6.45, 7) is 0.676. The largest absolute Gasteiger partial charge is 0.441 e. The van der Waals surface area contributed by atoms with Gasteiger partial charge in [0, 0.05) is 11.4 Å². The molecular weight excluding hydrogens is 216 g/mol. The van der Waals surface area contributed by atoms with Crippen LogP contribution >= 0.6 is 0 Å². The minimum Gasteiger partial charge on any atom is -0.441 e. The molecule has 0 atom stereocenters. The van der Waals surface area contributed by atoms with Gasteiger partial charge in [-0.15, -0.1) is 0 Å². The van der Waals surface area contributed by atoms with Crippen molar-refractivity contribution in [3.05, 3.63) is 24.3 Å². The smallest absolute Gasteiger partial charge is 0.415 e. The molecule has 1 saturated carbocycles. The van der Waals surface area contributed by atoms with Gasteiger partial charge in [0.25, 0.3) is 0 Å². The van der Waals surface area contributed by atoms with Crippen LogP contribution in [0.15, 0.2) is 24.3 Å². The summed E-state index contributed by atoms with van der Waals surface area (Å²) in [6, 6.07) is 7.35. The number of amides is 1. The van der Waals surface area contributed by atoms with Crippen LogP contribution in [0.3, 0.4) is 0 Å². The lowest BCUT2D eigenvalue weighted by Gasteiger charge is -2.20. The number of benzene rings is 1. The van der Waals surface area contributed by atoms with Crippen LogP contribution in [0, 0.1) is 0 Å². The van der Waals surface area contributed by atoms with Crippen LogP contribution in [0.1, 0.15) is 25.7 Å². The molecule has 0 bridgehead atoms. The summed E-state index contributed by atoms with van der Waals surface area (Å²) < 4.78 is 5.56. The predicted molar refractivity (Wildman–Crippen MR) is 65.9 cm³/mol. The molecule has 90 valence electrons. The number of hydrogen-bond donors (Lipinski definition) is 1. The quantitative estimate of drug-likeness (QED) is 0.757. The van der Waals surface area contributed by atoms with Crippen molar-refractivity contribution in [3.8, 4) is 0 Å². The van der Waals surface area contributed by atoms with E-state index in [1.165, 1.54) is 0 Å². The lowest BCUT2D eigenvalue weighted by atomic mass is 10.0. The summed E-state index contributed by atoms with van der Waals surface area (Å²) in [6.07, 6.45) is 4.07. The lowest BCUT2D eigenvalue weighted by molar-refractivity contribution is 0.0629. The molecule has 4 heteroatoms. The van der Waals surface area contributed by atoms with E-state index >= 15 is 0 Å². The zero-order valence-corrected chi connectivity index (χ0v) is 9.69. The molecule has 2 fully saturated rings. The normalized spacial score (nSPS) is 22.1. The summed E-state index contributed by atoms with van der Waals surface area (Å²) in [4.78, 5) is 13.6. The van der Waals surface area contributed by atoms with Gasteiger partial charge in [0.05, 0.1) is 6.54 Å². The molecule has 1 amide bonds. The molecular formula is C13H16N2O2. The summed E-state index contributed by atoms with van der Waals surface area (Å²) in [5.74, 6) is 0. The molecule has 0 radical (unpaired) electrons. The second-order valence-electron chi connectivity index (χ2n) is 4.94. The Bertz CT molecular complexity index is 435. The number of hydrogen-bond acceptors (Lipinski definition) is 3. The van der Waals surface area contributed by atoms with Crippen molar-refractivity contribution in [1.82, 2.24) is 0 Å². The van der Waals surface area contributed by atoms with E-state index in [1.807, 2.05) is 24.3 Å². The van der Waals surface area contributed by atoms with Crippen molar-refractivity contribution in [2.24, 2.45) is 0 Å². The number of carbonyl (C=O) groups is 1. The summed E-state index contributed by atoms with van der Waals surface area (Å²) in [7, 11) is 0. The van der Waals surface area contributed by atoms with Gasteiger partial charge in [-0.25, -0.2) is 4.79 Å². The van der Waals surface area contributed by atoms with Gasteiger partial charge in [-0.05, 0) is 49.9 Å².